The topological polar surface area (TPSA) is 81.1 Å². The van der Waals surface area contributed by atoms with Crippen molar-refractivity contribution >= 4 is 34.3 Å². The second-order valence-electron chi connectivity index (χ2n) is 7.92. The van der Waals surface area contributed by atoms with E-state index in [1.54, 1.807) is 47.9 Å². The fraction of sp³-hybridized carbons (Fsp3) is 0.154. The number of carbonyl (C=O) groups is 2. The first-order valence-corrected chi connectivity index (χ1v) is 10.8. The van der Waals surface area contributed by atoms with Crippen LogP contribution in [0.1, 0.15) is 32.7 Å². The highest BCUT2D eigenvalue weighted by Gasteiger charge is 2.19. The molecule has 33 heavy (non-hydrogen) atoms. The van der Waals surface area contributed by atoms with E-state index in [0.717, 1.165) is 11.1 Å². The first-order chi connectivity index (χ1) is 15.8. The van der Waals surface area contributed by atoms with Gasteiger partial charge in [-0.3, -0.25) is 14.4 Å². The molecule has 2 aromatic heterocycles. The van der Waals surface area contributed by atoms with E-state index in [9.17, 15) is 14.4 Å². The molecule has 0 saturated heterocycles. The molecule has 0 radical (unpaired) electrons. The minimum Gasteiger partial charge on any atom is -0.350 e. The number of ketones is 1. The summed E-state index contributed by atoms with van der Waals surface area (Å²) in [7, 11) is 0. The second kappa shape index (κ2) is 9.38. The first kappa shape index (κ1) is 22.4. The quantitative estimate of drug-likeness (QED) is 0.438. The number of carbonyl (C=O) groups excluding carboxylic acids is 2. The Kier molecular flexibility index (Phi) is 6.38. The predicted octanol–water partition coefficient (Wildman–Crippen LogP) is 4.21. The second-order valence-corrected chi connectivity index (χ2v) is 8.36. The molecule has 166 valence electrons. The van der Waals surface area contributed by atoms with Crippen molar-refractivity contribution < 1.29 is 9.59 Å². The van der Waals surface area contributed by atoms with Crippen LogP contribution in [-0.4, -0.2) is 21.2 Å². The van der Waals surface area contributed by atoms with E-state index in [2.05, 4.69) is 10.3 Å². The van der Waals surface area contributed by atoms with Crippen molar-refractivity contribution in [3.63, 3.8) is 0 Å². The van der Waals surface area contributed by atoms with Gasteiger partial charge >= 0.3 is 0 Å². The van der Waals surface area contributed by atoms with Gasteiger partial charge in [0.1, 0.15) is 12.2 Å². The number of hydrogen-bond acceptors (Lipinski definition) is 4. The highest BCUT2D eigenvalue weighted by Crippen LogP contribution is 2.16. The van der Waals surface area contributed by atoms with Crippen LogP contribution in [0.15, 0.2) is 71.7 Å². The maximum Gasteiger partial charge on any atom is 0.240 e. The largest absolute Gasteiger partial charge is 0.350 e. The van der Waals surface area contributed by atoms with E-state index in [4.69, 9.17) is 11.6 Å². The summed E-state index contributed by atoms with van der Waals surface area (Å²) in [4.78, 5) is 43.4. The van der Waals surface area contributed by atoms with Crippen molar-refractivity contribution in [3.8, 4) is 0 Å². The lowest BCUT2D eigenvalue weighted by Crippen LogP contribution is -2.29. The summed E-state index contributed by atoms with van der Waals surface area (Å²) in [6, 6.07) is 17.6. The van der Waals surface area contributed by atoms with Crippen LogP contribution in [0.2, 0.25) is 5.02 Å². The Balaban J connectivity index is 1.68. The predicted molar refractivity (Wildman–Crippen MR) is 129 cm³/mol. The van der Waals surface area contributed by atoms with Crippen LogP contribution in [0.25, 0.3) is 11.0 Å². The summed E-state index contributed by atoms with van der Waals surface area (Å²) >= 11 is 5.92. The van der Waals surface area contributed by atoms with Crippen molar-refractivity contribution in [2.45, 2.75) is 26.9 Å². The monoisotopic (exact) mass is 459 g/mol. The zero-order valence-corrected chi connectivity index (χ0v) is 19.0. The van der Waals surface area contributed by atoms with Crippen LogP contribution >= 0.6 is 11.6 Å². The number of aromatic nitrogens is 2. The summed E-state index contributed by atoms with van der Waals surface area (Å²) < 4.78 is 1.55. The number of nitrogens with zero attached hydrogens (tertiary/aromatic N) is 2. The molecular formula is C26H22ClN3O3. The molecule has 0 aliphatic heterocycles. The third-order valence-corrected chi connectivity index (χ3v) is 5.59. The average Bonchev–Trinajstić information content (AvgIpc) is 2.80. The van der Waals surface area contributed by atoms with Gasteiger partial charge in [0.05, 0.1) is 10.9 Å². The Morgan fingerprint density at radius 1 is 0.970 bits per heavy atom. The summed E-state index contributed by atoms with van der Waals surface area (Å²) in [5, 5.41) is 3.66. The highest BCUT2D eigenvalue weighted by atomic mass is 35.5. The van der Waals surface area contributed by atoms with Crippen molar-refractivity contribution in [1.82, 2.24) is 14.9 Å². The molecule has 6 nitrogen and oxygen atoms in total. The highest BCUT2D eigenvalue weighted by molar-refractivity contribution is 6.30. The van der Waals surface area contributed by atoms with Gasteiger partial charge in [-0.15, -0.1) is 0 Å². The third kappa shape index (κ3) is 5.02. The number of amides is 1. The molecule has 1 N–H and O–H groups in total. The molecule has 0 aliphatic carbocycles. The maximum absolute atomic E-state index is 13.1. The summed E-state index contributed by atoms with van der Waals surface area (Å²) in [6.07, 6.45) is 1.42. The molecule has 4 aromatic rings. The Hall–Kier alpha value is -3.77. The SMILES string of the molecule is Cc1ccc(CNC(=O)Cn2cc(C(=O)c3ccc(Cl)cc3)c(=O)c3ccc(C)nc32)cc1. The number of rotatable bonds is 6. The smallest absolute Gasteiger partial charge is 0.240 e. The molecule has 0 fully saturated rings. The minimum atomic E-state index is -0.437. The molecule has 7 heteroatoms. The standard InChI is InChI=1S/C26H22ClN3O3/c1-16-3-6-18(7-4-16)13-28-23(31)15-30-14-22(24(32)19-8-10-20(27)11-9-19)25(33)21-12-5-17(2)29-26(21)30/h3-12,14H,13,15H2,1-2H3,(H,28,31). The zero-order valence-electron chi connectivity index (χ0n) is 18.3. The molecule has 4 rings (SSSR count). The fourth-order valence-corrected chi connectivity index (χ4v) is 3.64. The van der Waals surface area contributed by atoms with Gasteiger partial charge < -0.3 is 9.88 Å². The van der Waals surface area contributed by atoms with Gasteiger partial charge in [0.15, 0.2) is 5.78 Å². The van der Waals surface area contributed by atoms with Crippen LogP contribution in [-0.2, 0) is 17.9 Å². The van der Waals surface area contributed by atoms with Gasteiger partial charge in [-0.1, -0.05) is 41.4 Å². The molecule has 0 spiro atoms. The number of pyridine rings is 2. The van der Waals surface area contributed by atoms with Crippen LogP contribution in [0.4, 0.5) is 0 Å². The van der Waals surface area contributed by atoms with E-state index in [0.29, 0.717) is 28.5 Å². The Labute approximate surface area is 195 Å². The van der Waals surface area contributed by atoms with Crippen LogP contribution in [0, 0.1) is 13.8 Å². The number of fused-ring (bicyclic) bond motifs is 1. The molecule has 0 atom stereocenters. The number of halogens is 1. The lowest BCUT2D eigenvalue weighted by atomic mass is 10.0. The fourth-order valence-electron chi connectivity index (χ4n) is 3.52. The van der Waals surface area contributed by atoms with Crippen LogP contribution in [0.3, 0.4) is 0 Å². The van der Waals surface area contributed by atoms with Gasteiger partial charge in [0.2, 0.25) is 11.3 Å². The van der Waals surface area contributed by atoms with Gasteiger partial charge in [-0.2, -0.15) is 0 Å². The van der Waals surface area contributed by atoms with Gasteiger partial charge in [0.25, 0.3) is 0 Å². The minimum absolute atomic E-state index is 0.0261. The normalized spacial score (nSPS) is 10.9. The Morgan fingerprint density at radius 3 is 2.36 bits per heavy atom. The number of aryl methyl sites for hydroxylation is 2. The zero-order chi connectivity index (χ0) is 23.5. The van der Waals surface area contributed by atoms with E-state index in [-0.39, 0.29) is 23.4 Å². The molecule has 0 unspecified atom stereocenters. The number of nitrogens with one attached hydrogen (secondary N) is 1. The van der Waals surface area contributed by atoms with Crippen LogP contribution < -0.4 is 10.7 Å². The summed E-state index contributed by atoms with van der Waals surface area (Å²) in [5.41, 5.74) is 3.07. The van der Waals surface area contributed by atoms with Crippen molar-refractivity contribution in [2.75, 3.05) is 0 Å². The average molecular weight is 460 g/mol. The van der Waals surface area contributed by atoms with Gasteiger partial charge in [-0.05, 0) is 55.8 Å². The lowest BCUT2D eigenvalue weighted by Gasteiger charge is -2.13. The van der Waals surface area contributed by atoms with E-state index in [1.165, 1.54) is 6.20 Å². The molecule has 0 aliphatic rings. The summed E-state index contributed by atoms with van der Waals surface area (Å²) in [5.74, 6) is -0.693. The Bertz CT molecular complexity index is 1410. The number of benzene rings is 2. The van der Waals surface area contributed by atoms with Gasteiger partial charge in [-0.25, -0.2) is 4.98 Å². The lowest BCUT2D eigenvalue weighted by molar-refractivity contribution is -0.121. The summed E-state index contributed by atoms with van der Waals surface area (Å²) in [6.45, 7) is 4.10. The van der Waals surface area contributed by atoms with Crippen molar-refractivity contribution in [3.05, 3.63) is 110 Å². The Morgan fingerprint density at radius 2 is 1.67 bits per heavy atom. The molecule has 2 aromatic carbocycles. The van der Waals surface area contributed by atoms with Gasteiger partial charge in [0, 0.05) is 29.0 Å². The number of hydrogen-bond donors (Lipinski definition) is 1. The molecule has 0 saturated carbocycles. The van der Waals surface area contributed by atoms with E-state index < -0.39 is 11.2 Å². The van der Waals surface area contributed by atoms with E-state index >= 15 is 0 Å². The first-order valence-electron chi connectivity index (χ1n) is 10.4. The van der Waals surface area contributed by atoms with Crippen LogP contribution in [0.5, 0.6) is 0 Å². The molecule has 2 heterocycles. The van der Waals surface area contributed by atoms with Crippen molar-refractivity contribution in [1.29, 1.82) is 0 Å². The van der Waals surface area contributed by atoms with E-state index in [1.807, 2.05) is 31.2 Å². The van der Waals surface area contributed by atoms with Crippen molar-refractivity contribution in [2.24, 2.45) is 0 Å². The molecule has 0 bridgehead atoms. The third-order valence-electron chi connectivity index (χ3n) is 5.34. The molecule has 1 amide bonds. The maximum atomic E-state index is 13.1. The molecular weight excluding hydrogens is 438 g/mol.